The first-order valence-corrected chi connectivity index (χ1v) is 6.30. The van der Waals surface area contributed by atoms with Crippen molar-refractivity contribution in [1.82, 2.24) is 0 Å². The fourth-order valence-corrected chi connectivity index (χ4v) is 1.92. The molecule has 0 aromatic heterocycles. The third kappa shape index (κ3) is 3.58. The third-order valence-corrected chi connectivity index (χ3v) is 3.11. The number of ether oxygens (including phenoxy) is 1. The minimum atomic E-state index is -0.294. The number of benzene rings is 1. The van der Waals surface area contributed by atoms with Gasteiger partial charge in [0, 0.05) is 12.1 Å². The van der Waals surface area contributed by atoms with E-state index in [-0.39, 0.29) is 11.9 Å². The minimum Gasteiger partial charge on any atom is -0.492 e. The lowest BCUT2D eigenvalue weighted by Crippen LogP contribution is -2.18. The summed E-state index contributed by atoms with van der Waals surface area (Å²) in [5, 5.41) is 0.461. The summed E-state index contributed by atoms with van der Waals surface area (Å²) in [5.74, 6) is 0.764. The van der Waals surface area contributed by atoms with Crippen molar-refractivity contribution in [2.24, 2.45) is 11.7 Å². The van der Waals surface area contributed by atoms with Gasteiger partial charge < -0.3 is 10.5 Å². The molecule has 0 radical (unpaired) electrons. The molecule has 0 amide bonds. The summed E-state index contributed by atoms with van der Waals surface area (Å²) in [6, 6.07) is 2.89. The maximum Gasteiger partial charge on any atom is 0.140 e. The van der Waals surface area contributed by atoms with Gasteiger partial charge in [-0.3, -0.25) is 0 Å². The second-order valence-electron chi connectivity index (χ2n) is 4.81. The van der Waals surface area contributed by atoms with Gasteiger partial charge in [0.2, 0.25) is 0 Å². The Morgan fingerprint density at radius 2 is 2.24 bits per heavy atom. The van der Waals surface area contributed by atoms with Crippen LogP contribution in [0.2, 0.25) is 5.02 Å². The lowest BCUT2D eigenvalue weighted by Gasteiger charge is -2.11. The van der Waals surface area contributed by atoms with Gasteiger partial charge in [0.15, 0.2) is 0 Å². The van der Waals surface area contributed by atoms with Crippen molar-refractivity contribution < 1.29 is 9.13 Å². The van der Waals surface area contributed by atoms with Crippen LogP contribution in [-0.2, 0) is 6.42 Å². The van der Waals surface area contributed by atoms with Gasteiger partial charge in [0.05, 0.1) is 11.6 Å². The number of hydrogen-bond acceptors (Lipinski definition) is 2. The first kappa shape index (κ1) is 12.7. The highest BCUT2D eigenvalue weighted by Crippen LogP contribution is 2.33. The van der Waals surface area contributed by atoms with Crippen molar-refractivity contribution in [1.29, 1.82) is 0 Å². The molecule has 1 unspecified atom stereocenters. The van der Waals surface area contributed by atoms with Gasteiger partial charge in [-0.1, -0.05) is 11.6 Å². The molecule has 1 saturated carbocycles. The van der Waals surface area contributed by atoms with Crippen LogP contribution in [0.3, 0.4) is 0 Å². The lowest BCUT2D eigenvalue weighted by atomic mass is 10.1. The van der Waals surface area contributed by atoms with E-state index in [9.17, 15) is 4.39 Å². The molecule has 1 aliphatic rings. The SMILES string of the molecule is CC(N)Cc1cc(Cl)c(OCC2CC2)cc1F. The maximum absolute atomic E-state index is 13.7. The second kappa shape index (κ2) is 5.23. The van der Waals surface area contributed by atoms with Gasteiger partial charge in [-0.15, -0.1) is 0 Å². The van der Waals surface area contributed by atoms with Gasteiger partial charge in [0.25, 0.3) is 0 Å². The van der Waals surface area contributed by atoms with E-state index in [2.05, 4.69) is 0 Å². The number of halogens is 2. The first-order chi connectivity index (χ1) is 8.06. The van der Waals surface area contributed by atoms with Crippen LogP contribution in [0.25, 0.3) is 0 Å². The summed E-state index contributed by atoms with van der Waals surface area (Å²) >= 11 is 6.06. The summed E-state index contributed by atoms with van der Waals surface area (Å²) in [6.07, 6.45) is 2.88. The topological polar surface area (TPSA) is 35.2 Å². The summed E-state index contributed by atoms with van der Waals surface area (Å²) in [5.41, 5.74) is 6.19. The van der Waals surface area contributed by atoms with E-state index in [1.54, 1.807) is 6.07 Å². The van der Waals surface area contributed by atoms with Crippen LogP contribution in [0, 0.1) is 11.7 Å². The number of rotatable bonds is 5. The van der Waals surface area contributed by atoms with Gasteiger partial charge in [0.1, 0.15) is 11.6 Å². The Hall–Kier alpha value is -0.800. The summed E-state index contributed by atoms with van der Waals surface area (Å²) in [4.78, 5) is 0. The third-order valence-electron chi connectivity index (χ3n) is 2.81. The summed E-state index contributed by atoms with van der Waals surface area (Å²) < 4.78 is 19.2. The molecule has 1 aliphatic carbocycles. The average molecular weight is 258 g/mol. The largest absolute Gasteiger partial charge is 0.492 e. The van der Waals surface area contributed by atoms with E-state index in [1.807, 2.05) is 6.92 Å². The highest BCUT2D eigenvalue weighted by molar-refractivity contribution is 6.32. The highest BCUT2D eigenvalue weighted by Gasteiger charge is 2.22. The average Bonchev–Trinajstić information content (AvgIpc) is 3.04. The van der Waals surface area contributed by atoms with Gasteiger partial charge in [-0.05, 0) is 43.7 Å². The van der Waals surface area contributed by atoms with Crippen LogP contribution in [0.1, 0.15) is 25.3 Å². The van der Waals surface area contributed by atoms with Crippen LogP contribution in [0.15, 0.2) is 12.1 Å². The zero-order valence-corrected chi connectivity index (χ0v) is 10.6. The Kier molecular flexibility index (Phi) is 3.89. The molecular weight excluding hydrogens is 241 g/mol. The molecule has 1 aromatic carbocycles. The molecule has 2 N–H and O–H groups in total. The van der Waals surface area contributed by atoms with Crippen LogP contribution in [-0.4, -0.2) is 12.6 Å². The van der Waals surface area contributed by atoms with Crippen molar-refractivity contribution in [3.63, 3.8) is 0 Å². The minimum absolute atomic E-state index is 0.0844. The van der Waals surface area contributed by atoms with Gasteiger partial charge >= 0.3 is 0 Å². The van der Waals surface area contributed by atoms with E-state index < -0.39 is 0 Å². The van der Waals surface area contributed by atoms with Crippen molar-refractivity contribution in [2.75, 3.05) is 6.61 Å². The van der Waals surface area contributed by atoms with Gasteiger partial charge in [-0.25, -0.2) is 4.39 Å². The zero-order valence-electron chi connectivity index (χ0n) is 9.88. The van der Waals surface area contributed by atoms with E-state index in [4.69, 9.17) is 22.1 Å². The summed E-state index contributed by atoms with van der Waals surface area (Å²) in [6.45, 7) is 2.47. The molecule has 0 heterocycles. The number of nitrogens with two attached hydrogens (primary N) is 1. The molecule has 0 aliphatic heterocycles. The quantitative estimate of drug-likeness (QED) is 0.879. The fraction of sp³-hybridized carbons (Fsp3) is 0.538. The Morgan fingerprint density at radius 1 is 1.53 bits per heavy atom. The van der Waals surface area contributed by atoms with Crippen LogP contribution >= 0.6 is 11.6 Å². The number of hydrogen-bond donors (Lipinski definition) is 1. The monoisotopic (exact) mass is 257 g/mol. The molecular formula is C13H17ClFNO. The molecule has 0 spiro atoms. The van der Waals surface area contributed by atoms with Crippen LogP contribution in [0.5, 0.6) is 5.75 Å². The fourth-order valence-electron chi connectivity index (χ4n) is 1.68. The van der Waals surface area contributed by atoms with Crippen LogP contribution < -0.4 is 10.5 Å². The normalized spacial score (nSPS) is 16.9. The molecule has 1 atom stereocenters. The highest BCUT2D eigenvalue weighted by atomic mass is 35.5. The standard InChI is InChI=1S/C13H17ClFNO/c1-8(16)4-10-5-11(14)13(6-12(10)15)17-7-9-2-3-9/h5-6,8-9H,2-4,7,16H2,1H3. The molecule has 0 bridgehead atoms. The molecule has 17 heavy (non-hydrogen) atoms. The smallest absolute Gasteiger partial charge is 0.140 e. The molecule has 94 valence electrons. The van der Waals surface area contributed by atoms with E-state index in [0.29, 0.717) is 35.3 Å². The molecule has 4 heteroatoms. The Labute approximate surface area is 106 Å². The van der Waals surface area contributed by atoms with E-state index >= 15 is 0 Å². The molecule has 1 fully saturated rings. The predicted octanol–water partition coefficient (Wildman–Crippen LogP) is 3.16. The molecule has 2 nitrogen and oxygen atoms in total. The Balaban J connectivity index is 2.09. The van der Waals surface area contributed by atoms with Crippen molar-refractivity contribution in [3.05, 3.63) is 28.5 Å². The van der Waals surface area contributed by atoms with Crippen molar-refractivity contribution in [3.8, 4) is 5.75 Å². The maximum atomic E-state index is 13.7. The van der Waals surface area contributed by atoms with Crippen LogP contribution in [0.4, 0.5) is 4.39 Å². The Bertz CT molecular complexity index is 405. The second-order valence-corrected chi connectivity index (χ2v) is 5.22. The Morgan fingerprint density at radius 3 is 2.82 bits per heavy atom. The molecule has 0 saturated heterocycles. The zero-order chi connectivity index (χ0) is 12.4. The van der Waals surface area contributed by atoms with Crippen molar-refractivity contribution >= 4 is 11.6 Å². The molecule has 1 aromatic rings. The summed E-state index contributed by atoms with van der Waals surface area (Å²) in [7, 11) is 0. The predicted molar refractivity (Wildman–Crippen MR) is 67.0 cm³/mol. The first-order valence-electron chi connectivity index (χ1n) is 5.92. The molecule has 2 rings (SSSR count). The van der Waals surface area contributed by atoms with E-state index in [0.717, 1.165) is 0 Å². The van der Waals surface area contributed by atoms with Gasteiger partial charge in [-0.2, -0.15) is 0 Å². The lowest BCUT2D eigenvalue weighted by molar-refractivity contribution is 0.298. The van der Waals surface area contributed by atoms with Crippen molar-refractivity contribution in [2.45, 2.75) is 32.2 Å². The van der Waals surface area contributed by atoms with E-state index in [1.165, 1.54) is 18.9 Å².